The van der Waals surface area contributed by atoms with Gasteiger partial charge in [0.25, 0.3) is 5.69 Å². The Morgan fingerprint density at radius 3 is 2.40 bits per heavy atom. The van der Waals surface area contributed by atoms with Crippen molar-refractivity contribution in [1.29, 1.82) is 0 Å². The van der Waals surface area contributed by atoms with Gasteiger partial charge >= 0.3 is 0 Å². The first-order chi connectivity index (χ1) is 11.7. The summed E-state index contributed by atoms with van der Waals surface area (Å²) in [7, 11) is -3.85. The summed E-state index contributed by atoms with van der Waals surface area (Å²) in [6.45, 7) is 3.07. The van der Waals surface area contributed by atoms with Crippen LogP contribution in [-0.2, 0) is 14.8 Å². The van der Waals surface area contributed by atoms with E-state index in [0.717, 1.165) is 0 Å². The zero-order valence-electron chi connectivity index (χ0n) is 13.6. The fourth-order valence-electron chi connectivity index (χ4n) is 2.05. The minimum atomic E-state index is -3.85. The molecule has 132 valence electrons. The third-order valence-corrected chi connectivity index (χ3v) is 5.03. The molecule has 1 atom stereocenters. The monoisotopic (exact) mass is 363 g/mol. The predicted octanol–water partition coefficient (Wildman–Crippen LogP) is 2.21. The predicted molar refractivity (Wildman–Crippen MR) is 92.7 cm³/mol. The second kappa shape index (κ2) is 7.41. The average Bonchev–Trinajstić information content (AvgIpc) is 2.57. The standard InChI is InChI=1S/C16H17N3O5S/c1-11-8-9-13(19(21)22)10-15(11)17-16(20)12(2)18-25(23,24)14-6-4-3-5-7-14/h3-10,12,18H,1-2H3,(H,17,20)/t12-/m1/s1. The molecule has 0 aliphatic carbocycles. The van der Waals surface area contributed by atoms with Gasteiger partial charge in [-0.25, -0.2) is 8.42 Å². The average molecular weight is 363 g/mol. The number of nitro groups is 1. The normalized spacial score (nSPS) is 12.4. The van der Waals surface area contributed by atoms with Gasteiger partial charge < -0.3 is 5.32 Å². The largest absolute Gasteiger partial charge is 0.324 e. The van der Waals surface area contributed by atoms with E-state index in [1.165, 1.54) is 37.3 Å². The maximum absolute atomic E-state index is 12.2. The fraction of sp³-hybridized carbons (Fsp3) is 0.188. The Kier molecular flexibility index (Phi) is 5.50. The minimum absolute atomic E-state index is 0.0428. The number of non-ortho nitro benzene ring substituents is 1. The van der Waals surface area contributed by atoms with E-state index < -0.39 is 26.9 Å². The maximum Gasteiger partial charge on any atom is 0.271 e. The lowest BCUT2D eigenvalue weighted by atomic mass is 10.1. The van der Waals surface area contributed by atoms with Gasteiger partial charge in [-0.2, -0.15) is 4.72 Å². The zero-order chi connectivity index (χ0) is 18.6. The molecule has 2 rings (SSSR count). The van der Waals surface area contributed by atoms with Crippen molar-refractivity contribution in [2.24, 2.45) is 0 Å². The van der Waals surface area contributed by atoms with Crippen LogP contribution < -0.4 is 10.0 Å². The van der Waals surface area contributed by atoms with Gasteiger partial charge in [0.1, 0.15) is 0 Å². The number of sulfonamides is 1. The van der Waals surface area contributed by atoms with E-state index in [2.05, 4.69) is 10.0 Å². The van der Waals surface area contributed by atoms with Crippen LogP contribution in [-0.4, -0.2) is 25.3 Å². The van der Waals surface area contributed by atoms with Crippen LogP contribution in [0, 0.1) is 17.0 Å². The molecule has 2 aromatic rings. The molecular weight excluding hydrogens is 346 g/mol. The second-order valence-electron chi connectivity index (χ2n) is 5.40. The fourth-order valence-corrected chi connectivity index (χ4v) is 3.28. The number of amides is 1. The summed E-state index contributed by atoms with van der Waals surface area (Å²) in [5.41, 5.74) is 0.709. The zero-order valence-corrected chi connectivity index (χ0v) is 14.4. The van der Waals surface area contributed by atoms with Crippen molar-refractivity contribution in [1.82, 2.24) is 4.72 Å². The Morgan fingerprint density at radius 2 is 1.80 bits per heavy atom. The molecule has 0 aromatic heterocycles. The van der Waals surface area contributed by atoms with Gasteiger partial charge in [-0.3, -0.25) is 14.9 Å². The summed E-state index contributed by atoms with van der Waals surface area (Å²) < 4.78 is 26.7. The Hall–Kier alpha value is -2.78. The van der Waals surface area contributed by atoms with Crippen LogP contribution >= 0.6 is 0 Å². The van der Waals surface area contributed by atoms with Crippen LogP contribution in [0.25, 0.3) is 0 Å². The number of benzene rings is 2. The second-order valence-corrected chi connectivity index (χ2v) is 7.12. The molecule has 0 saturated carbocycles. The minimum Gasteiger partial charge on any atom is -0.324 e. The van der Waals surface area contributed by atoms with E-state index in [1.54, 1.807) is 25.1 Å². The highest BCUT2D eigenvalue weighted by Gasteiger charge is 2.22. The van der Waals surface area contributed by atoms with Crippen LogP contribution in [0.15, 0.2) is 53.4 Å². The topological polar surface area (TPSA) is 118 Å². The molecule has 0 spiro atoms. The first-order valence-corrected chi connectivity index (χ1v) is 8.82. The number of aryl methyl sites for hydroxylation is 1. The smallest absolute Gasteiger partial charge is 0.271 e. The van der Waals surface area contributed by atoms with Crippen molar-refractivity contribution >= 4 is 27.3 Å². The number of anilines is 1. The van der Waals surface area contributed by atoms with E-state index in [4.69, 9.17) is 0 Å². The van der Waals surface area contributed by atoms with E-state index in [-0.39, 0.29) is 16.3 Å². The van der Waals surface area contributed by atoms with Gasteiger partial charge in [0, 0.05) is 12.1 Å². The lowest BCUT2D eigenvalue weighted by molar-refractivity contribution is -0.384. The number of carbonyl (C=O) groups is 1. The van der Waals surface area contributed by atoms with E-state index in [0.29, 0.717) is 5.56 Å². The molecule has 0 radical (unpaired) electrons. The molecule has 1 amide bonds. The van der Waals surface area contributed by atoms with Gasteiger partial charge in [0.15, 0.2) is 0 Å². The quantitative estimate of drug-likeness (QED) is 0.602. The summed E-state index contributed by atoms with van der Waals surface area (Å²) in [6.07, 6.45) is 0. The highest BCUT2D eigenvalue weighted by molar-refractivity contribution is 7.89. The number of nitro benzene ring substituents is 1. The first kappa shape index (κ1) is 18.6. The number of carbonyl (C=O) groups excluding carboxylic acids is 1. The summed E-state index contributed by atoms with van der Waals surface area (Å²) in [4.78, 5) is 22.5. The van der Waals surface area contributed by atoms with Crippen LogP contribution in [0.3, 0.4) is 0 Å². The van der Waals surface area contributed by atoms with Crippen molar-refractivity contribution in [2.45, 2.75) is 24.8 Å². The lowest BCUT2D eigenvalue weighted by Gasteiger charge is -2.15. The molecule has 8 nitrogen and oxygen atoms in total. The molecule has 2 aromatic carbocycles. The molecule has 0 fully saturated rings. The molecule has 0 bridgehead atoms. The summed E-state index contributed by atoms with van der Waals surface area (Å²) in [5.74, 6) is -0.622. The van der Waals surface area contributed by atoms with Crippen LogP contribution in [0.1, 0.15) is 12.5 Å². The van der Waals surface area contributed by atoms with Gasteiger partial charge in [-0.1, -0.05) is 24.3 Å². The highest BCUT2D eigenvalue weighted by Crippen LogP contribution is 2.22. The van der Waals surface area contributed by atoms with Crippen molar-refractivity contribution in [3.63, 3.8) is 0 Å². The van der Waals surface area contributed by atoms with Gasteiger partial charge in [-0.15, -0.1) is 0 Å². The van der Waals surface area contributed by atoms with Crippen molar-refractivity contribution in [3.05, 3.63) is 64.2 Å². The van der Waals surface area contributed by atoms with Crippen molar-refractivity contribution in [3.8, 4) is 0 Å². The number of hydrogen-bond donors (Lipinski definition) is 2. The summed E-state index contributed by atoms with van der Waals surface area (Å²) >= 11 is 0. The third-order valence-electron chi connectivity index (χ3n) is 3.47. The Balaban J connectivity index is 2.13. The lowest BCUT2D eigenvalue weighted by Crippen LogP contribution is -2.41. The Labute approximate surface area is 145 Å². The third kappa shape index (κ3) is 4.61. The number of nitrogens with zero attached hydrogens (tertiary/aromatic N) is 1. The van der Waals surface area contributed by atoms with Crippen molar-refractivity contribution in [2.75, 3.05) is 5.32 Å². The first-order valence-electron chi connectivity index (χ1n) is 7.34. The molecule has 2 N–H and O–H groups in total. The van der Waals surface area contributed by atoms with Crippen LogP contribution in [0.2, 0.25) is 0 Å². The number of hydrogen-bond acceptors (Lipinski definition) is 5. The molecule has 0 heterocycles. The molecular formula is C16H17N3O5S. The molecule has 25 heavy (non-hydrogen) atoms. The van der Waals surface area contributed by atoms with Crippen LogP contribution in [0.5, 0.6) is 0 Å². The van der Waals surface area contributed by atoms with E-state index >= 15 is 0 Å². The molecule has 0 saturated heterocycles. The molecule has 0 aliphatic rings. The summed E-state index contributed by atoms with van der Waals surface area (Å²) in [6, 6.07) is 10.7. The van der Waals surface area contributed by atoms with Crippen molar-refractivity contribution < 1.29 is 18.1 Å². The number of rotatable bonds is 6. The molecule has 9 heteroatoms. The van der Waals surface area contributed by atoms with Crippen LogP contribution in [0.4, 0.5) is 11.4 Å². The van der Waals surface area contributed by atoms with E-state index in [9.17, 15) is 23.3 Å². The van der Waals surface area contributed by atoms with Gasteiger partial charge in [0.2, 0.25) is 15.9 Å². The molecule has 0 aliphatic heterocycles. The number of nitrogens with one attached hydrogen (secondary N) is 2. The van der Waals surface area contributed by atoms with Gasteiger partial charge in [0.05, 0.1) is 21.5 Å². The Morgan fingerprint density at radius 1 is 1.16 bits per heavy atom. The maximum atomic E-state index is 12.2. The molecule has 0 unspecified atom stereocenters. The highest BCUT2D eigenvalue weighted by atomic mass is 32.2. The SMILES string of the molecule is Cc1ccc([N+](=O)[O-])cc1NC(=O)[C@@H](C)NS(=O)(=O)c1ccccc1. The Bertz CT molecular complexity index is 897. The summed E-state index contributed by atoms with van der Waals surface area (Å²) in [5, 5.41) is 13.3. The van der Waals surface area contributed by atoms with E-state index in [1.807, 2.05) is 0 Å². The van der Waals surface area contributed by atoms with Gasteiger partial charge in [-0.05, 0) is 31.5 Å².